The quantitative estimate of drug-likeness (QED) is 0.942. The van der Waals surface area contributed by atoms with E-state index in [1.54, 1.807) is 0 Å². The summed E-state index contributed by atoms with van der Waals surface area (Å²) in [5.74, 6) is 2.29. The minimum Gasteiger partial charge on any atom is -0.347 e. The normalized spacial score (nSPS) is 17.2. The summed E-state index contributed by atoms with van der Waals surface area (Å²) in [7, 11) is 0. The van der Waals surface area contributed by atoms with Crippen molar-refractivity contribution in [3.63, 3.8) is 0 Å². The zero-order chi connectivity index (χ0) is 16.6. The number of nitrogens with one attached hydrogen (secondary N) is 1. The second kappa shape index (κ2) is 6.10. The van der Waals surface area contributed by atoms with Gasteiger partial charge in [0.25, 0.3) is 5.91 Å². The van der Waals surface area contributed by atoms with Crippen molar-refractivity contribution in [1.82, 2.24) is 25.1 Å². The lowest BCUT2D eigenvalue weighted by molar-refractivity contribution is 0.0926. The molecule has 6 nitrogen and oxygen atoms in total. The van der Waals surface area contributed by atoms with E-state index in [1.165, 1.54) is 0 Å². The highest BCUT2D eigenvalue weighted by molar-refractivity contribution is 5.95. The number of carbonyl (C=O) groups is 1. The van der Waals surface area contributed by atoms with Crippen LogP contribution in [-0.4, -0.2) is 31.7 Å². The Labute approximate surface area is 136 Å². The highest BCUT2D eigenvalue weighted by Crippen LogP contribution is 2.20. The monoisotopic (exact) mass is 313 g/mol. The Kier molecular flexibility index (Phi) is 4.15. The van der Waals surface area contributed by atoms with Crippen LogP contribution in [0.4, 0.5) is 0 Å². The molecular formula is C17H23N5O. The van der Waals surface area contributed by atoms with Crippen LogP contribution in [0, 0.1) is 13.8 Å². The van der Waals surface area contributed by atoms with Gasteiger partial charge in [-0.3, -0.25) is 9.78 Å². The van der Waals surface area contributed by atoms with E-state index in [4.69, 9.17) is 0 Å². The van der Waals surface area contributed by atoms with Gasteiger partial charge >= 0.3 is 0 Å². The molecular weight excluding hydrogens is 290 g/mol. The molecule has 0 saturated carbocycles. The van der Waals surface area contributed by atoms with Crippen molar-refractivity contribution >= 4 is 5.91 Å². The van der Waals surface area contributed by atoms with Crippen LogP contribution in [0.3, 0.4) is 0 Å². The molecule has 0 aliphatic carbocycles. The number of amides is 1. The molecule has 122 valence electrons. The second-order valence-corrected chi connectivity index (χ2v) is 6.53. The van der Waals surface area contributed by atoms with E-state index in [1.807, 2.05) is 26.0 Å². The SMILES string of the molecule is Cc1ccc(C(=O)N[C@@H]2CCc3nnc(C(C)C)n3C2)c(C)n1. The van der Waals surface area contributed by atoms with Gasteiger partial charge in [-0.05, 0) is 32.4 Å². The molecule has 0 aromatic carbocycles. The summed E-state index contributed by atoms with van der Waals surface area (Å²) in [6.45, 7) is 8.76. The number of pyridine rings is 1. The number of aromatic nitrogens is 4. The predicted octanol–water partition coefficient (Wildman–Crippen LogP) is 2.16. The zero-order valence-corrected chi connectivity index (χ0v) is 14.1. The maximum absolute atomic E-state index is 12.5. The maximum Gasteiger partial charge on any atom is 0.253 e. The first-order chi connectivity index (χ1) is 11.0. The molecule has 6 heteroatoms. The van der Waals surface area contributed by atoms with E-state index in [2.05, 4.69) is 38.9 Å². The summed E-state index contributed by atoms with van der Waals surface area (Å²) < 4.78 is 2.15. The van der Waals surface area contributed by atoms with Gasteiger partial charge in [-0.2, -0.15) is 0 Å². The van der Waals surface area contributed by atoms with E-state index < -0.39 is 0 Å². The highest BCUT2D eigenvalue weighted by atomic mass is 16.1. The summed E-state index contributed by atoms with van der Waals surface area (Å²) in [6.07, 6.45) is 1.73. The first-order valence-corrected chi connectivity index (χ1v) is 8.12. The third-order valence-corrected chi connectivity index (χ3v) is 4.30. The molecule has 2 aromatic rings. The minimum atomic E-state index is -0.0531. The Balaban J connectivity index is 1.74. The van der Waals surface area contributed by atoms with Crippen LogP contribution in [0.15, 0.2) is 12.1 Å². The van der Waals surface area contributed by atoms with E-state index in [0.29, 0.717) is 11.5 Å². The van der Waals surface area contributed by atoms with Crippen LogP contribution in [0.1, 0.15) is 59.6 Å². The molecule has 1 amide bonds. The summed E-state index contributed by atoms with van der Waals surface area (Å²) in [5.41, 5.74) is 2.34. The largest absolute Gasteiger partial charge is 0.347 e. The third kappa shape index (κ3) is 3.11. The van der Waals surface area contributed by atoms with Crippen LogP contribution in [0.5, 0.6) is 0 Å². The molecule has 2 aromatic heterocycles. The van der Waals surface area contributed by atoms with Gasteiger partial charge < -0.3 is 9.88 Å². The summed E-state index contributed by atoms with van der Waals surface area (Å²) >= 11 is 0. The van der Waals surface area contributed by atoms with Gasteiger partial charge in [0.1, 0.15) is 11.6 Å². The smallest absolute Gasteiger partial charge is 0.253 e. The Hall–Kier alpha value is -2.24. The zero-order valence-electron chi connectivity index (χ0n) is 14.1. The van der Waals surface area contributed by atoms with Crippen molar-refractivity contribution in [3.8, 4) is 0 Å². The Morgan fingerprint density at radius 2 is 2.09 bits per heavy atom. The van der Waals surface area contributed by atoms with Crippen molar-refractivity contribution in [1.29, 1.82) is 0 Å². The van der Waals surface area contributed by atoms with Gasteiger partial charge in [0.05, 0.1) is 11.3 Å². The number of fused-ring (bicyclic) bond motifs is 1. The average Bonchev–Trinajstić information content (AvgIpc) is 2.90. The summed E-state index contributed by atoms with van der Waals surface area (Å²) in [6, 6.07) is 3.82. The third-order valence-electron chi connectivity index (χ3n) is 4.30. The number of aryl methyl sites for hydroxylation is 3. The van der Waals surface area contributed by atoms with Crippen molar-refractivity contribution in [2.45, 2.75) is 59.0 Å². The van der Waals surface area contributed by atoms with Gasteiger partial charge in [0.15, 0.2) is 0 Å². The molecule has 0 bridgehead atoms. The highest BCUT2D eigenvalue weighted by Gasteiger charge is 2.25. The van der Waals surface area contributed by atoms with Crippen molar-refractivity contribution in [3.05, 3.63) is 40.7 Å². The lowest BCUT2D eigenvalue weighted by Gasteiger charge is -2.26. The molecule has 0 spiro atoms. The minimum absolute atomic E-state index is 0.0531. The van der Waals surface area contributed by atoms with Gasteiger partial charge in [0, 0.05) is 30.6 Å². The second-order valence-electron chi connectivity index (χ2n) is 6.53. The van der Waals surface area contributed by atoms with Crippen LogP contribution in [-0.2, 0) is 13.0 Å². The fourth-order valence-electron chi connectivity index (χ4n) is 3.08. The topological polar surface area (TPSA) is 72.7 Å². The molecule has 1 aliphatic rings. The van der Waals surface area contributed by atoms with Crippen molar-refractivity contribution in [2.24, 2.45) is 0 Å². The Morgan fingerprint density at radius 3 is 2.78 bits per heavy atom. The first-order valence-electron chi connectivity index (χ1n) is 8.12. The molecule has 1 aliphatic heterocycles. The predicted molar refractivity (Wildman–Crippen MR) is 87.4 cm³/mol. The molecule has 23 heavy (non-hydrogen) atoms. The van der Waals surface area contributed by atoms with Gasteiger partial charge in [-0.25, -0.2) is 0 Å². The van der Waals surface area contributed by atoms with Crippen molar-refractivity contribution < 1.29 is 4.79 Å². The number of hydrogen-bond acceptors (Lipinski definition) is 4. The van der Waals surface area contributed by atoms with E-state index in [9.17, 15) is 4.79 Å². The molecule has 3 rings (SSSR count). The van der Waals surface area contributed by atoms with Gasteiger partial charge in [-0.15, -0.1) is 10.2 Å². The molecule has 0 fully saturated rings. The number of nitrogens with zero attached hydrogens (tertiary/aromatic N) is 4. The first kappa shape index (κ1) is 15.6. The molecule has 0 unspecified atom stereocenters. The number of rotatable bonds is 3. The fourth-order valence-corrected chi connectivity index (χ4v) is 3.08. The molecule has 0 saturated heterocycles. The molecule has 3 heterocycles. The lowest BCUT2D eigenvalue weighted by Crippen LogP contribution is -2.41. The van der Waals surface area contributed by atoms with Crippen LogP contribution >= 0.6 is 0 Å². The van der Waals surface area contributed by atoms with Crippen LogP contribution in [0.2, 0.25) is 0 Å². The summed E-state index contributed by atoms with van der Waals surface area (Å²) in [4.78, 5) is 16.9. The Bertz CT molecular complexity index is 735. The number of hydrogen-bond donors (Lipinski definition) is 1. The van der Waals surface area contributed by atoms with Gasteiger partial charge in [-0.1, -0.05) is 13.8 Å². The van der Waals surface area contributed by atoms with E-state index >= 15 is 0 Å². The number of carbonyl (C=O) groups excluding carboxylic acids is 1. The average molecular weight is 313 g/mol. The Morgan fingerprint density at radius 1 is 1.30 bits per heavy atom. The van der Waals surface area contributed by atoms with Crippen LogP contribution < -0.4 is 5.32 Å². The maximum atomic E-state index is 12.5. The molecule has 0 radical (unpaired) electrons. The van der Waals surface area contributed by atoms with E-state index in [-0.39, 0.29) is 11.9 Å². The molecule has 1 N–H and O–H groups in total. The van der Waals surface area contributed by atoms with Crippen molar-refractivity contribution in [2.75, 3.05) is 0 Å². The lowest BCUT2D eigenvalue weighted by atomic mass is 10.0. The van der Waals surface area contributed by atoms with E-state index in [0.717, 1.165) is 42.4 Å². The summed E-state index contributed by atoms with van der Waals surface area (Å²) in [5, 5.41) is 11.7. The standard InChI is InChI=1S/C17H23N5O/c1-10(2)16-21-20-15-8-6-13(9-22(15)16)19-17(23)14-7-5-11(3)18-12(14)4/h5,7,10,13H,6,8-9H2,1-4H3,(H,19,23)/t13-/m1/s1. The van der Waals surface area contributed by atoms with Crippen LogP contribution in [0.25, 0.3) is 0 Å². The molecule has 1 atom stereocenters. The van der Waals surface area contributed by atoms with Gasteiger partial charge in [0.2, 0.25) is 0 Å². The fraction of sp³-hybridized carbons (Fsp3) is 0.529.